The molecule has 2 rings (SSSR count). The lowest BCUT2D eigenvalue weighted by Crippen LogP contribution is -2.32. The second-order valence-corrected chi connectivity index (χ2v) is 4.43. The van der Waals surface area contributed by atoms with Gasteiger partial charge < -0.3 is 15.2 Å². The molecule has 2 atom stereocenters. The van der Waals surface area contributed by atoms with Gasteiger partial charge in [-0.1, -0.05) is 0 Å². The Morgan fingerprint density at radius 2 is 2.27 bits per heavy atom. The topological polar surface area (TPSA) is 47.7 Å². The molecule has 0 radical (unpaired) electrons. The summed E-state index contributed by atoms with van der Waals surface area (Å²) in [4.78, 5) is 2.37. The fourth-order valence-corrected chi connectivity index (χ4v) is 2.33. The molecule has 15 heavy (non-hydrogen) atoms. The van der Waals surface area contributed by atoms with Gasteiger partial charge >= 0.3 is 0 Å². The van der Waals surface area contributed by atoms with Gasteiger partial charge in [-0.05, 0) is 25.7 Å². The first kappa shape index (κ1) is 11.3. The van der Waals surface area contributed by atoms with Crippen LogP contribution in [-0.4, -0.2) is 50.1 Å². The quantitative estimate of drug-likeness (QED) is 0.743. The maximum absolute atomic E-state index is 5.92. The lowest BCUT2D eigenvalue weighted by atomic mass is 10.2. The van der Waals surface area contributed by atoms with Gasteiger partial charge in [0.15, 0.2) is 6.29 Å². The van der Waals surface area contributed by atoms with Gasteiger partial charge in [0.25, 0.3) is 0 Å². The zero-order chi connectivity index (χ0) is 10.5. The molecule has 0 aliphatic carbocycles. The van der Waals surface area contributed by atoms with Crippen LogP contribution in [0.2, 0.25) is 0 Å². The van der Waals surface area contributed by atoms with Crippen molar-refractivity contribution in [3.8, 4) is 0 Å². The highest BCUT2D eigenvalue weighted by Crippen LogP contribution is 2.19. The molecule has 2 saturated heterocycles. The van der Waals surface area contributed by atoms with E-state index in [0.29, 0.717) is 6.10 Å². The van der Waals surface area contributed by atoms with Crippen molar-refractivity contribution in [3.63, 3.8) is 0 Å². The molecule has 0 aromatic rings. The number of hydrogen-bond acceptors (Lipinski definition) is 4. The van der Waals surface area contributed by atoms with Crippen LogP contribution in [0.4, 0.5) is 0 Å². The molecular weight excluding hydrogens is 192 g/mol. The third-order valence-electron chi connectivity index (χ3n) is 3.16. The molecule has 2 fully saturated rings. The van der Waals surface area contributed by atoms with Gasteiger partial charge in [0.2, 0.25) is 0 Å². The van der Waals surface area contributed by atoms with Crippen molar-refractivity contribution in [1.29, 1.82) is 0 Å². The first-order chi connectivity index (χ1) is 7.38. The van der Waals surface area contributed by atoms with Gasteiger partial charge in [0.1, 0.15) is 0 Å². The molecule has 2 aliphatic heterocycles. The van der Waals surface area contributed by atoms with Gasteiger partial charge in [-0.3, -0.25) is 4.90 Å². The molecule has 0 aromatic heterocycles. The summed E-state index contributed by atoms with van der Waals surface area (Å²) in [6.45, 7) is 4.74. The molecule has 2 heterocycles. The van der Waals surface area contributed by atoms with Crippen molar-refractivity contribution in [2.45, 2.75) is 38.1 Å². The number of hydrogen-bond donors (Lipinski definition) is 1. The minimum absolute atomic E-state index is 0.0570. The van der Waals surface area contributed by atoms with E-state index in [2.05, 4.69) is 4.90 Å². The van der Waals surface area contributed by atoms with Gasteiger partial charge in [-0.2, -0.15) is 0 Å². The average Bonchev–Trinajstić information content (AvgIpc) is 2.68. The summed E-state index contributed by atoms with van der Waals surface area (Å²) in [7, 11) is 0. The summed E-state index contributed by atoms with van der Waals surface area (Å²) in [6.07, 6.45) is 5.03. The van der Waals surface area contributed by atoms with Crippen molar-refractivity contribution < 1.29 is 9.47 Å². The average molecular weight is 214 g/mol. The van der Waals surface area contributed by atoms with E-state index in [-0.39, 0.29) is 6.29 Å². The third-order valence-corrected chi connectivity index (χ3v) is 3.16. The summed E-state index contributed by atoms with van der Waals surface area (Å²) in [6, 6.07) is 0. The van der Waals surface area contributed by atoms with Crippen LogP contribution >= 0.6 is 0 Å². The first-order valence-electron chi connectivity index (χ1n) is 6.08. The standard InChI is InChI=1S/C11H22N2O2/c12-5-7-13-6-4-10(9-13)15-11-3-1-2-8-14-11/h10-11H,1-9,12H2/t10-,11?/m0/s1. The lowest BCUT2D eigenvalue weighted by molar-refractivity contribution is -0.184. The van der Waals surface area contributed by atoms with Crippen LogP contribution in [-0.2, 0) is 9.47 Å². The highest BCUT2D eigenvalue weighted by Gasteiger charge is 2.26. The van der Waals surface area contributed by atoms with E-state index in [0.717, 1.165) is 45.6 Å². The third kappa shape index (κ3) is 3.41. The summed E-state index contributed by atoms with van der Waals surface area (Å²) < 4.78 is 11.5. The smallest absolute Gasteiger partial charge is 0.158 e. The molecule has 1 unspecified atom stereocenters. The molecule has 0 bridgehead atoms. The SMILES string of the molecule is NCCN1CC[C@H](OC2CCCCO2)C1. The van der Waals surface area contributed by atoms with Crippen LogP contribution in [0.25, 0.3) is 0 Å². The maximum atomic E-state index is 5.92. The van der Waals surface area contributed by atoms with Gasteiger partial charge in [0.05, 0.1) is 6.10 Å². The number of likely N-dealkylation sites (tertiary alicyclic amines) is 1. The Morgan fingerprint density at radius 1 is 1.33 bits per heavy atom. The van der Waals surface area contributed by atoms with Gasteiger partial charge in [-0.25, -0.2) is 0 Å². The van der Waals surface area contributed by atoms with Gasteiger partial charge in [-0.15, -0.1) is 0 Å². The van der Waals surface area contributed by atoms with Crippen molar-refractivity contribution in [3.05, 3.63) is 0 Å². The summed E-state index contributed by atoms with van der Waals surface area (Å²) in [5.41, 5.74) is 5.53. The molecule has 0 aromatic carbocycles. The van der Waals surface area contributed by atoms with E-state index in [4.69, 9.17) is 15.2 Å². The Hall–Kier alpha value is -0.160. The van der Waals surface area contributed by atoms with E-state index in [1.807, 2.05) is 0 Å². The minimum atomic E-state index is 0.0570. The zero-order valence-corrected chi connectivity index (χ0v) is 9.36. The van der Waals surface area contributed by atoms with E-state index in [1.54, 1.807) is 0 Å². The Morgan fingerprint density at radius 3 is 3.00 bits per heavy atom. The highest BCUT2D eigenvalue weighted by atomic mass is 16.7. The highest BCUT2D eigenvalue weighted by molar-refractivity contribution is 4.76. The van der Waals surface area contributed by atoms with Crippen LogP contribution in [0, 0.1) is 0 Å². The molecule has 2 aliphatic rings. The van der Waals surface area contributed by atoms with Crippen molar-refractivity contribution in [2.75, 3.05) is 32.8 Å². The summed E-state index contributed by atoms with van der Waals surface area (Å²) >= 11 is 0. The Bertz CT molecular complexity index is 183. The normalized spacial score (nSPS) is 33.4. The predicted molar refractivity (Wildman–Crippen MR) is 58.6 cm³/mol. The molecule has 0 spiro atoms. The van der Waals surface area contributed by atoms with Gasteiger partial charge in [0, 0.05) is 32.8 Å². The lowest BCUT2D eigenvalue weighted by Gasteiger charge is -2.26. The van der Waals surface area contributed by atoms with Crippen molar-refractivity contribution in [2.24, 2.45) is 5.73 Å². The first-order valence-corrected chi connectivity index (χ1v) is 6.08. The monoisotopic (exact) mass is 214 g/mol. The second kappa shape index (κ2) is 5.80. The van der Waals surface area contributed by atoms with Crippen LogP contribution in [0.15, 0.2) is 0 Å². The Balaban J connectivity index is 1.67. The number of rotatable bonds is 4. The number of nitrogens with zero attached hydrogens (tertiary/aromatic N) is 1. The van der Waals surface area contributed by atoms with E-state index < -0.39 is 0 Å². The summed E-state index contributed by atoms with van der Waals surface area (Å²) in [5, 5.41) is 0. The predicted octanol–water partition coefficient (Wildman–Crippen LogP) is 0.563. The second-order valence-electron chi connectivity index (χ2n) is 4.43. The molecule has 0 amide bonds. The summed E-state index contributed by atoms with van der Waals surface area (Å²) in [5.74, 6) is 0. The Kier molecular flexibility index (Phi) is 4.38. The fourth-order valence-electron chi connectivity index (χ4n) is 2.33. The van der Waals surface area contributed by atoms with Crippen molar-refractivity contribution in [1.82, 2.24) is 4.90 Å². The van der Waals surface area contributed by atoms with Crippen LogP contribution in [0.3, 0.4) is 0 Å². The van der Waals surface area contributed by atoms with Crippen molar-refractivity contribution >= 4 is 0 Å². The molecule has 88 valence electrons. The molecular formula is C11H22N2O2. The van der Waals surface area contributed by atoms with E-state index in [1.165, 1.54) is 12.8 Å². The van der Waals surface area contributed by atoms with E-state index in [9.17, 15) is 0 Å². The molecule has 2 N–H and O–H groups in total. The number of nitrogens with two attached hydrogens (primary N) is 1. The number of ether oxygens (including phenoxy) is 2. The van der Waals surface area contributed by atoms with E-state index >= 15 is 0 Å². The molecule has 4 nitrogen and oxygen atoms in total. The van der Waals surface area contributed by atoms with Crippen LogP contribution in [0.1, 0.15) is 25.7 Å². The fraction of sp³-hybridized carbons (Fsp3) is 1.00. The minimum Gasteiger partial charge on any atom is -0.353 e. The molecule has 4 heteroatoms. The molecule has 0 saturated carbocycles. The Labute approximate surface area is 91.7 Å². The van der Waals surface area contributed by atoms with Crippen LogP contribution < -0.4 is 5.73 Å². The largest absolute Gasteiger partial charge is 0.353 e. The zero-order valence-electron chi connectivity index (χ0n) is 9.36. The van der Waals surface area contributed by atoms with Crippen LogP contribution in [0.5, 0.6) is 0 Å². The maximum Gasteiger partial charge on any atom is 0.158 e.